The molecule has 0 aliphatic rings. The van der Waals surface area contributed by atoms with Crippen molar-refractivity contribution in [2.45, 2.75) is 13.1 Å². The van der Waals surface area contributed by atoms with Crippen molar-refractivity contribution >= 4 is 15.9 Å². The molecule has 0 atom stereocenters. The summed E-state index contributed by atoms with van der Waals surface area (Å²) >= 11 is 3.25. The molecule has 4 nitrogen and oxygen atoms in total. The van der Waals surface area contributed by atoms with Crippen LogP contribution in [-0.4, -0.2) is 10.2 Å². The molecule has 0 spiro atoms. The van der Waals surface area contributed by atoms with Gasteiger partial charge in [0.05, 0.1) is 12.2 Å². The Kier molecular flexibility index (Phi) is 3.47. The number of nitrogens with zero attached hydrogens (tertiary/aromatic N) is 2. The Hall–Kier alpha value is -1.20. The summed E-state index contributed by atoms with van der Waals surface area (Å²) in [6, 6.07) is 7.60. The molecule has 2 aromatic rings. The molecule has 1 N–H and O–H groups in total. The Bertz CT molecular complexity index is 416. The van der Waals surface area contributed by atoms with Gasteiger partial charge >= 0.3 is 0 Å². The van der Waals surface area contributed by atoms with Crippen LogP contribution < -0.4 is 5.32 Å². The molecular weight excluding hydrogens is 258 g/mol. The van der Waals surface area contributed by atoms with Gasteiger partial charge in [0, 0.05) is 12.7 Å². The van der Waals surface area contributed by atoms with E-state index >= 15 is 0 Å². The number of hydrogen-bond donors (Lipinski definition) is 1. The van der Waals surface area contributed by atoms with Crippen LogP contribution in [0, 0.1) is 0 Å². The second-order valence-electron chi connectivity index (χ2n) is 3.02. The van der Waals surface area contributed by atoms with Crippen LogP contribution in [0.2, 0.25) is 0 Å². The third-order valence-electron chi connectivity index (χ3n) is 1.86. The fraction of sp³-hybridized carbons (Fsp3) is 0.200. The minimum absolute atomic E-state index is 0.683. The van der Waals surface area contributed by atoms with Gasteiger partial charge in [0.15, 0.2) is 4.67 Å². The van der Waals surface area contributed by atoms with Gasteiger partial charge in [0.1, 0.15) is 5.76 Å². The van der Waals surface area contributed by atoms with Crippen molar-refractivity contribution < 1.29 is 4.42 Å². The molecule has 2 aromatic heterocycles. The Labute approximate surface area is 95.8 Å². The van der Waals surface area contributed by atoms with E-state index in [1.54, 1.807) is 6.20 Å². The van der Waals surface area contributed by atoms with Crippen LogP contribution in [0.5, 0.6) is 0 Å². The van der Waals surface area contributed by atoms with Gasteiger partial charge in [0.25, 0.3) is 0 Å². The predicted molar refractivity (Wildman–Crippen MR) is 59.0 cm³/mol. The molecule has 0 aliphatic carbocycles. The normalized spacial score (nSPS) is 10.5. The van der Waals surface area contributed by atoms with Crippen molar-refractivity contribution in [1.82, 2.24) is 15.5 Å². The van der Waals surface area contributed by atoms with Gasteiger partial charge in [-0.05, 0) is 40.2 Å². The molecule has 15 heavy (non-hydrogen) atoms. The molecular formula is C10H10BrN3O. The van der Waals surface area contributed by atoms with Crippen LogP contribution in [-0.2, 0) is 13.1 Å². The van der Waals surface area contributed by atoms with Crippen LogP contribution >= 0.6 is 15.9 Å². The summed E-state index contributed by atoms with van der Waals surface area (Å²) in [4.78, 5) is 0. The highest BCUT2D eigenvalue weighted by Gasteiger charge is 1.99. The Morgan fingerprint density at radius 3 is 2.87 bits per heavy atom. The van der Waals surface area contributed by atoms with Gasteiger partial charge in [-0.15, -0.1) is 0 Å². The lowest BCUT2D eigenvalue weighted by Gasteiger charge is -2.00. The van der Waals surface area contributed by atoms with E-state index < -0.39 is 0 Å². The van der Waals surface area contributed by atoms with Crippen LogP contribution in [0.1, 0.15) is 11.5 Å². The van der Waals surface area contributed by atoms with E-state index in [0.717, 1.165) is 16.1 Å². The topological polar surface area (TPSA) is 51.0 Å². The van der Waals surface area contributed by atoms with Crippen LogP contribution in [0.4, 0.5) is 0 Å². The summed E-state index contributed by atoms with van der Waals surface area (Å²) < 4.78 is 6.09. The highest BCUT2D eigenvalue weighted by Crippen LogP contribution is 2.13. The van der Waals surface area contributed by atoms with E-state index in [4.69, 9.17) is 4.42 Å². The Balaban J connectivity index is 1.80. The molecule has 0 amide bonds. The van der Waals surface area contributed by atoms with Gasteiger partial charge < -0.3 is 9.73 Å². The van der Waals surface area contributed by atoms with Crippen molar-refractivity contribution in [3.8, 4) is 0 Å². The van der Waals surface area contributed by atoms with E-state index in [2.05, 4.69) is 31.4 Å². The number of nitrogens with one attached hydrogen (secondary N) is 1. The number of aromatic nitrogens is 2. The molecule has 0 aromatic carbocycles. The summed E-state index contributed by atoms with van der Waals surface area (Å²) in [6.45, 7) is 1.37. The summed E-state index contributed by atoms with van der Waals surface area (Å²) in [5.41, 5.74) is 0.920. The first kappa shape index (κ1) is 10.3. The standard InChI is InChI=1S/C10H10BrN3O/c11-10-4-3-9(15-10)7-12-6-8-2-1-5-13-14-8/h1-5,12H,6-7H2. The van der Waals surface area contributed by atoms with Gasteiger partial charge in [0.2, 0.25) is 0 Å². The second kappa shape index (κ2) is 5.04. The van der Waals surface area contributed by atoms with Gasteiger partial charge in [-0.25, -0.2) is 0 Å². The fourth-order valence-corrected chi connectivity index (χ4v) is 1.53. The second-order valence-corrected chi connectivity index (χ2v) is 3.81. The quantitative estimate of drug-likeness (QED) is 0.922. The lowest BCUT2D eigenvalue weighted by atomic mass is 10.4. The van der Waals surface area contributed by atoms with E-state index in [1.165, 1.54) is 0 Å². The molecule has 0 unspecified atom stereocenters. The minimum Gasteiger partial charge on any atom is -0.453 e. The highest BCUT2D eigenvalue weighted by atomic mass is 79.9. The maximum Gasteiger partial charge on any atom is 0.169 e. The molecule has 0 saturated carbocycles. The molecule has 0 saturated heterocycles. The van der Waals surface area contributed by atoms with Crippen molar-refractivity contribution in [3.05, 3.63) is 46.6 Å². The van der Waals surface area contributed by atoms with E-state index in [0.29, 0.717) is 13.1 Å². The van der Waals surface area contributed by atoms with Crippen molar-refractivity contribution in [1.29, 1.82) is 0 Å². The molecule has 0 bridgehead atoms. The van der Waals surface area contributed by atoms with Gasteiger partial charge in [-0.2, -0.15) is 10.2 Å². The zero-order valence-corrected chi connectivity index (χ0v) is 9.57. The summed E-state index contributed by atoms with van der Waals surface area (Å²) in [5.74, 6) is 0.894. The first-order chi connectivity index (χ1) is 7.34. The Morgan fingerprint density at radius 1 is 1.27 bits per heavy atom. The van der Waals surface area contributed by atoms with Crippen LogP contribution in [0.15, 0.2) is 39.5 Å². The van der Waals surface area contributed by atoms with Crippen molar-refractivity contribution in [2.75, 3.05) is 0 Å². The minimum atomic E-state index is 0.683. The third kappa shape index (κ3) is 3.14. The molecule has 2 heterocycles. The number of halogens is 1. The summed E-state index contributed by atoms with van der Waals surface area (Å²) in [5, 5.41) is 11.0. The maximum absolute atomic E-state index is 5.34. The Morgan fingerprint density at radius 2 is 2.20 bits per heavy atom. The molecule has 0 radical (unpaired) electrons. The fourth-order valence-electron chi connectivity index (χ4n) is 1.19. The molecule has 0 aliphatic heterocycles. The predicted octanol–water partition coefficient (Wildman–Crippen LogP) is 2.12. The van der Waals surface area contributed by atoms with Gasteiger partial charge in [-0.3, -0.25) is 0 Å². The number of furan rings is 1. The average Bonchev–Trinajstić information content (AvgIpc) is 2.66. The largest absolute Gasteiger partial charge is 0.453 e. The average molecular weight is 268 g/mol. The monoisotopic (exact) mass is 267 g/mol. The SMILES string of the molecule is Brc1ccc(CNCc2cccnn2)o1. The van der Waals surface area contributed by atoms with Crippen LogP contribution in [0.3, 0.4) is 0 Å². The van der Waals surface area contributed by atoms with E-state index in [9.17, 15) is 0 Å². The lowest BCUT2D eigenvalue weighted by molar-refractivity contribution is 0.464. The highest BCUT2D eigenvalue weighted by molar-refractivity contribution is 9.10. The van der Waals surface area contributed by atoms with Crippen LogP contribution in [0.25, 0.3) is 0 Å². The van der Waals surface area contributed by atoms with Crippen molar-refractivity contribution in [2.24, 2.45) is 0 Å². The molecule has 78 valence electrons. The summed E-state index contributed by atoms with van der Waals surface area (Å²) in [7, 11) is 0. The first-order valence-electron chi connectivity index (χ1n) is 4.56. The third-order valence-corrected chi connectivity index (χ3v) is 2.29. The van der Waals surface area contributed by atoms with Crippen molar-refractivity contribution in [3.63, 3.8) is 0 Å². The van der Waals surface area contributed by atoms with E-state index in [1.807, 2.05) is 24.3 Å². The molecule has 2 rings (SSSR count). The van der Waals surface area contributed by atoms with E-state index in [-0.39, 0.29) is 0 Å². The molecule has 0 fully saturated rings. The van der Waals surface area contributed by atoms with Gasteiger partial charge in [-0.1, -0.05) is 0 Å². The molecule has 5 heteroatoms. The smallest absolute Gasteiger partial charge is 0.169 e. The number of rotatable bonds is 4. The zero-order chi connectivity index (χ0) is 10.5. The first-order valence-corrected chi connectivity index (χ1v) is 5.35. The summed E-state index contributed by atoms with van der Waals surface area (Å²) in [6.07, 6.45) is 1.66. The lowest BCUT2D eigenvalue weighted by Crippen LogP contribution is -2.13. The zero-order valence-electron chi connectivity index (χ0n) is 7.98. The maximum atomic E-state index is 5.34. The number of hydrogen-bond acceptors (Lipinski definition) is 4.